The van der Waals surface area contributed by atoms with Crippen LogP contribution < -0.4 is 5.56 Å². The molecule has 3 rings (SSSR count). The van der Waals surface area contributed by atoms with E-state index in [4.69, 9.17) is 4.11 Å². The molecule has 0 amide bonds. The topological polar surface area (TPSA) is 88.8 Å². The fourth-order valence-corrected chi connectivity index (χ4v) is 1.47. The number of hydrogen-bond acceptors (Lipinski definition) is 5. The summed E-state index contributed by atoms with van der Waals surface area (Å²) in [7, 11) is 0. The molecular weight excluding hydrogens is 220 g/mol. The van der Waals surface area contributed by atoms with Crippen LogP contribution in [-0.2, 0) is 0 Å². The van der Waals surface area contributed by atoms with E-state index in [0.717, 1.165) is 4.40 Å². The number of nitrogens with zero attached hydrogens (tertiary/aromatic N) is 5. The molecule has 7 nitrogen and oxygen atoms in total. The number of nitrogens with one attached hydrogen (secondary N) is 1. The smallest absolute Gasteiger partial charge is 0.268 e. The average Bonchev–Trinajstić information content (AvgIpc) is 2.89. The summed E-state index contributed by atoms with van der Waals surface area (Å²) >= 11 is 0. The Morgan fingerprint density at radius 3 is 3.18 bits per heavy atom. The molecule has 84 valence electrons. The van der Waals surface area contributed by atoms with Gasteiger partial charge in [-0.3, -0.25) is 9.20 Å². The number of rotatable bonds is 1. The van der Waals surface area contributed by atoms with Gasteiger partial charge in [-0.15, -0.1) is 10.2 Å². The molecule has 17 heavy (non-hydrogen) atoms. The number of aryl methyl sites for hydroxylation is 1. The van der Waals surface area contributed by atoms with Gasteiger partial charge in [-0.1, -0.05) is 6.07 Å². The summed E-state index contributed by atoms with van der Waals surface area (Å²) in [6.07, 6.45) is -0.593. The van der Waals surface area contributed by atoms with Crippen LogP contribution in [0.3, 0.4) is 0 Å². The summed E-state index contributed by atoms with van der Waals surface area (Å²) < 4.78 is 24.3. The highest BCUT2D eigenvalue weighted by Crippen LogP contribution is 2.09. The number of H-pyrrole nitrogens is 1. The van der Waals surface area contributed by atoms with Gasteiger partial charge >= 0.3 is 0 Å². The molecule has 0 spiro atoms. The molecule has 0 aromatic carbocycles. The lowest BCUT2D eigenvalue weighted by Crippen LogP contribution is -2.17. The van der Waals surface area contributed by atoms with Crippen LogP contribution in [0.1, 0.15) is 9.68 Å². The lowest BCUT2D eigenvalue weighted by molar-refractivity contribution is 0.881. The SMILES string of the molecule is [2H]c1cc(C)c2nc([2H])c(-c3nn[nH]n3)c(=O)n2c1[2H]. The van der Waals surface area contributed by atoms with Crippen LogP contribution in [0.15, 0.2) is 29.2 Å². The van der Waals surface area contributed by atoms with Crippen LogP contribution in [0, 0.1) is 6.92 Å². The van der Waals surface area contributed by atoms with E-state index in [1.165, 1.54) is 6.07 Å². The van der Waals surface area contributed by atoms with Gasteiger partial charge in [0.1, 0.15) is 11.2 Å². The number of tetrazole rings is 1. The Kier molecular flexibility index (Phi) is 1.41. The van der Waals surface area contributed by atoms with Crippen molar-refractivity contribution in [2.45, 2.75) is 6.92 Å². The van der Waals surface area contributed by atoms with Gasteiger partial charge in [0, 0.05) is 12.3 Å². The number of aromatic amines is 1. The van der Waals surface area contributed by atoms with Crippen LogP contribution >= 0.6 is 0 Å². The van der Waals surface area contributed by atoms with Gasteiger partial charge in [0.25, 0.3) is 5.56 Å². The van der Waals surface area contributed by atoms with E-state index >= 15 is 0 Å². The average molecular weight is 231 g/mol. The van der Waals surface area contributed by atoms with Crippen molar-refractivity contribution in [3.63, 3.8) is 0 Å². The van der Waals surface area contributed by atoms with Crippen LogP contribution in [0.2, 0.25) is 0 Å². The quantitative estimate of drug-likeness (QED) is 0.645. The molecule has 0 aliphatic carbocycles. The normalized spacial score (nSPS) is 13.4. The van der Waals surface area contributed by atoms with E-state index in [1.54, 1.807) is 6.92 Å². The van der Waals surface area contributed by atoms with Gasteiger partial charge < -0.3 is 0 Å². The second kappa shape index (κ2) is 3.48. The van der Waals surface area contributed by atoms with E-state index < -0.39 is 5.56 Å². The third-order valence-corrected chi connectivity index (χ3v) is 2.29. The highest BCUT2D eigenvalue weighted by atomic mass is 16.1. The fraction of sp³-hybridized carbons (Fsp3) is 0.100. The highest BCUT2D eigenvalue weighted by Gasteiger charge is 2.11. The van der Waals surface area contributed by atoms with Crippen LogP contribution in [-0.4, -0.2) is 30.0 Å². The van der Waals surface area contributed by atoms with Gasteiger partial charge in [-0.25, -0.2) is 4.98 Å². The van der Waals surface area contributed by atoms with Gasteiger partial charge in [-0.2, -0.15) is 5.21 Å². The van der Waals surface area contributed by atoms with Crippen molar-refractivity contribution in [3.05, 3.63) is 40.4 Å². The third kappa shape index (κ3) is 1.40. The molecule has 3 heterocycles. The Morgan fingerprint density at radius 2 is 2.41 bits per heavy atom. The van der Waals surface area contributed by atoms with E-state index in [9.17, 15) is 4.79 Å². The molecule has 0 bridgehead atoms. The maximum atomic E-state index is 12.5. The third-order valence-electron chi connectivity index (χ3n) is 2.29. The standard InChI is InChI=1S/C10H8N6O/c1-6-3-2-4-16-9(6)11-5-7(10(16)17)8-12-14-15-13-8/h2-5H,1H3,(H,12,13,14,15)/i2D,4D,5D. The first-order valence-corrected chi connectivity index (χ1v) is 4.74. The van der Waals surface area contributed by atoms with Gasteiger partial charge in [0.2, 0.25) is 5.82 Å². The summed E-state index contributed by atoms with van der Waals surface area (Å²) in [6.45, 7) is 1.66. The number of fused-ring (bicyclic) bond motifs is 1. The molecular formula is C10H8N6O. The van der Waals surface area contributed by atoms with Crippen molar-refractivity contribution < 1.29 is 4.11 Å². The Balaban J connectivity index is 2.53. The Labute approximate surface area is 99.4 Å². The zero-order valence-corrected chi connectivity index (χ0v) is 8.72. The predicted octanol–water partition coefficient (Wildman–Crippen LogP) is 0.183. The van der Waals surface area contributed by atoms with Crippen molar-refractivity contribution in [3.8, 4) is 11.4 Å². The summed E-state index contributed by atoms with van der Waals surface area (Å²) in [6, 6.07) is 1.33. The molecule has 0 saturated carbocycles. The number of aromatic nitrogens is 6. The summed E-state index contributed by atoms with van der Waals surface area (Å²) in [4.78, 5) is 16.4. The lowest BCUT2D eigenvalue weighted by Gasteiger charge is -2.03. The first-order valence-electron chi connectivity index (χ1n) is 6.24. The molecule has 0 fully saturated rings. The minimum Gasteiger partial charge on any atom is -0.268 e. The highest BCUT2D eigenvalue weighted by molar-refractivity contribution is 5.55. The first kappa shape index (κ1) is 6.89. The van der Waals surface area contributed by atoms with Crippen molar-refractivity contribution in [1.29, 1.82) is 0 Å². The second-order valence-corrected chi connectivity index (χ2v) is 3.38. The zero-order chi connectivity index (χ0) is 14.4. The van der Waals surface area contributed by atoms with E-state index in [2.05, 4.69) is 25.6 Å². The van der Waals surface area contributed by atoms with Crippen molar-refractivity contribution >= 4 is 5.65 Å². The number of pyridine rings is 1. The Bertz CT molecular complexity index is 873. The molecule has 1 N–H and O–H groups in total. The Hall–Kier alpha value is -2.57. The van der Waals surface area contributed by atoms with E-state index in [1.807, 2.05) is 0 Å². The molecule has 0 aliphatic heterocycles. The summed E-state index contributed by atoms with van der Waals surface area (Å²) in [5, 5.41) is 12.9. The lowest BCUT2D eigenvalue weighted by atomic mass is 10.2. The molecule has 7 heteroatoms. The molecule has 0 atom stereocenters. The maximum Gasteiger partial charge on any atom is 0.269 e. The van der Waals surface area contributed by atoms with Crippen LogP contribution in [0.4, 0.5) is 0 Å². The van der Waals surface area contributed by atoms with Gasteiger partial charge in [0.15, 0.2) is 0 Å². The molecule has 0 radical (unpaired) electrons. The summed E-state index contributed by atoms with van der Waals surface area (Å²) in [5.41, 5.74) is -0.108. The van der Waals surface area contributed by atoms with E-state index in [0.29, 0.717) is 5.56 Å². The Morgan fingerprint density at radius 1 is 1.53 bits per heavy atom. The zero-order valence-electron chi connectivity index (χ0n) is 11.7. The maximum absolute atomic E-state index is 12.5. The molecule has 0 saturated heterocycles. The summed E-state index contributed by atoms with van der Waals surface area (Å²) in [5.74, 6) is -0.0608. The molecule has 3 aromatic heterocycles. The minimum atomic E-state index is -0.663. The largest absolute Gasteiger partial charge is 0.269 e. The molecule has 0 aliphatic rings. The molecule has 0 unspecified atom stereocenters. The predicted molar refractivity (Wildman–Crippen MR) is 59.4 cm³/mol. The number of hydrogen-bond donors (Lipinski definition) is 1. The van der Waals surface area contributed by atoms with Gasteiger partial charge in [0.05, 0.1) is 4.11 Å². The first-order chi connectivity index (χ1) is 9.50. The van der Waals surface area contributed by atoms with Crippen molar-refractivity contribution in [2.24, 2.45) is 0 Å². The fourth-order valence-electron chi connectivity index (χ4n) is 1.47. The van der Waals surface area contributed by atoms with E-state index in [-0.39, 0.29) is 35.4 Å². The van der Waals surface area contributed by atoms with Gasteiger partial charge in [-0.05, 0) is 23.7 Å². The molecule has 3 aromatic rings. The van der Waals surface area contributed by atoms with Crippen molar-refractivity contribution in [1.82, 2.24) is 30.0 Å². The van der Waals surface area contributed by atoms with Crippen LogP contribution in [0.5, 0.6) is 0 Å². The van der Waals surface area contributed by atoms with Crippen LogP contribution in [0.25, 0.3) is 17.0 Å². The second-order valence-electron chi connectivity index (χ2n) is 3.38. The minimum absolute atomic E-state index is 0.0608. The van der Waals surface area contributed by atoms with Crippen molar-refractivity contribution in [2.75, 3.05) is 0 Å². The monoisotopic (exact) mass is 231 g/mol.